The van der Waals surface area contributed by atoms with Crippen LogP contribution in [-0.2, 0) is 16.1 Å². The first-order valence-corrected chi connectivity index (χ1v) is 9.04. The Labute approximate surface area is 151 Å². The second-order valence-corrected chi connectivity index (χ2v) is 6.65. The lowest BCUT2D eigenvalue weighted by Gasteiger charge is -2.21. The standard InChI is InChI=1S/C19H23N3O4/c23-17(22-12-6-9-16(22)19(25)26)10-2-1-5-11-21-13-20-15-8-4-3-7-14(15)18(21)24/h3-4,7-8,13,16H,1-2,5-6,9-12H2,(H,25,26)/t16-/m1/s1. The maximum Gasteiger partial charge on any atom is 0.326 e. The fraction of sp³-hybridized carbons (Fsp3) is 0.474. The number of unbranched alkanes of at least 4 members (excludes halogenated alkanes) is 2. The van der Waals surface area contributed by atoms with Gasteiger partial charge >= 0.3 is 5.97 Å². The first-order chi connectivity index (χ1) is 12.6. The summed E-state index contributed by atoms with van der Waals surface area (Å²) >= 11 is 0. The van der Waals surface area contributed by atoms with E-state index in [1.54, 1.807) is 17.0 Å². The van der Waals surface area contributed by atoms with Crippen molar-refractivity contribution in [1.29, 1.82) is 0 Å². The van der Waals surface area contributed by atoms with Crippen molar-refractivity contribution in [1.82, 2.24) is 14.5 Å². The molecule has 2 aromatic rings. The van der Waals surface area contributed by atoms with Gasteiger partial charge in [-0.15, -0.1) is 0 Å². The number of benzene rings is 1. The number of aryl methyl sites for hydroxylation is 1. The van der Waals surface area contributed by atoms with Crippen molar-refractivity contribution >= 4 is 22.8 Å². The second kappa shape index (κ2) is 8.12. The van der Waals surface area contributed by atoms with Crippen molar-refractivity contribution in [2.45, 2.75) is 51.1 Å². The predicted molar refractivity (Wildman–Crippen MR) is 96.8 cm³/mol. The van der Waals surface area contributed by atoms with Crippen molar-refractivity contribution in [2.24, 2.45) is 0 Å². The first-order valence-electron chi connectivity index (χ1n) is 9.04. The minimum absolute atomic E-state index is 0.0481. The Kier molecular flexibility index (Phi) is 5.65. The highest BCUT2D eigenvalue weighted by Gasteiger charge is 2.33. The molecule has 26 heavy (non-hydrogen) atoms. The van der Waals surface area contributed by atoms with E-state index < -0.39 is 12.0 Å². The molecule has 0 spiro atoms. The predicted octanol–water partition coefficient (Wildman–Crippen LogP) is 2.03. The Balaban J connectivity index is 1.46. The summed E-state index contributed by atoms with van der Waals surface area (Å²) in [5.74, 6) is -1.00. The molecule has 0 unspecified atom stereocenters. The Morgan fingerprint density at radius 3 is 2.81 bits per heavy atom. The maximum absolute atomic E-state index is 12.4. The van der Waals surface area contributed by atoms with Crippen molar-refractivity contribution in [3.05, 3.63) is 40.9 Å². The lowest BCUT2D eigenvalue weighted by molar-refractivity contribution is -0.148. The van der Waals surface area contributed by atoms with E-state index >= 15 is 0 Å². The topological polar surface area (TPSA) is 92.5 Å². The fourth-order valence-electron chi connectivity index (χ4n) is 3.47. The minimum Gasteiger partial charge on any atom is -0.480 e. The molecule has 138 valence electrons. The zero-order valence-corrected chi connectivity index (χ0v) is 14.6. The molecule has 0 bridgehead atoms. The molecule has 3 rings (SSSR count). The van der Waals surface area contributed by atoms with Crippen LogP contribution in [0, 0.1) is 0 Å². The quantitative estimate of drug-likeness (QED) is 0.766. The summed E-state index contributed by atoms with van der Waals surface area (Å²) in [6, 6.07) is 6.60. The van der Waals surface area contributed by atoms with Gasteiger partial charge in [0.15, 0.2) is 0 Å². The van der Waals surface area contributed by atoms with Gasteiger partial charge in [0.05, 0.1) is 17.2 Å². The van der Waals surface area contributed by atoms with Crippen LogP contribution in [0.15, 0.2) is 35.4 Å². The van der Waals surface area contributed by atoms with E-state index in [9.17, 15) is 14.4 Å². The number of fused-ring (bicyclic) bond motifs is 1. The van der Waals surface area contributed by atoms with E-state index in [1.165, 1.54) is 4.90 Å². The lowest BCUT2D eigenvalue weighted by Crippen LogP contribution is -2.40. The number of hydrogen-bond acceptors (Lipinski definition) is 4. The van der Waals surface area contributed by atoms with Crippen LogP contribution >= 0.6 is 0 Å². The fourth-order valence-corrected chi connectivity index (χ4v) is 3.47. The number of carbonyl (C=O) groups is 2. The van der Waals surface area contributed by atoms with E-state index in [0.29, 0.717) is 43.3 Å². The van der Waals surface area contributed by atoms with Crippen LogP contribution in [0.4, 0.5) is 0 Å². The average molecular weight is 357 g/mol. The normalized spacial score (nSPS) is 16.9. The van der Waals surface area contributed by atoms with Gasteiger partial charge in [-0.05, 0) is 37.8 Å². The third-order valence-electron chi connectivity index (χ3n) is 4.88. The summed E-state index contributed by atoms with van der Waals surface area (Å²) in [6.45, 7) is 1.10. The number of para-hydroxylation sites is 1. The Hall–Kier alpha value is -2.70. The molecule has 0 radical (unpaired) electrons. The van der Waals surface area contributed by atoms with Gasteiger partial charge in [0, 0.05) is 19.5 Å². The second-order valence-electron chi connectivity index (χ2n) is 6.65. The smallest absolute Gasteiger partial charge is 0.326 e. The molecule has 1 N–H and O–H groups in total. The molecule has 1 fully saturated rings. The van der Waals surface area contributed by atoms with E-state index in [2.05, 4.69) is 4.98 Å². The van der Waals surface area contributed by atoms with Gasteiger partial charge in [0.25, 0.3) is 5.56 Å². The molecule has 1 aliphatic rings. The molecule has 1 amide bonds. The van der Waals surface area contributed by atoms with Gasteiger partial charge < -0.3 is 10.0 Å². The number of aromatic nitrogens is 2. The first kappa shape index (κ1) is 18.1. The molecule has 7 nitrogen and oxygen atoms in total. The molecule has 2 heterocycles. The molecule has 1 aromatic heterocycles. The van der Waals surface area contributed by atoms with Crippen LogP contribution in [0.3, 0.4) is 0 Å². The molecular weight excluding hydrogens is 334 g/mol. The van der Waals surface area contributed by atoms with E-state index in [0.717, 1.165) is 19.3 Å². The van der Waals surface area contributed by atoms with Crippen LogP contribution in [0.1, 0.15) is 38.5 Å². The molecule has 1 aromatic carbocycles. The zero-order chi connectivity index (χ0) is 18.5. The molecule has 1 atom stereocenters. The number of amides is 1. The third-order valence-corrected chi connectivity index (χ3v) is 4.88. The van der Waals surface area contributed by atoms with Crippen molar-refractivity contribution < 1.29 is 14.7 Å². The van der Waals surface area contributed by atoms with Crippen molar-refractivity contribution in [3.8, 4) is 0 Å². The molecule has 7 heteroatoms. The number of carbonyl (C=O) groups excluding carboxylic acids is 1. The molecule has 0 saturated carbocycles. The molecular formula is C19H23N3O4. The largest absolute Gasteiger partial charge is 0.480 e. The minimum atomic E-state index is -0.918. The maximum atomic E-state index is 12.4. The lowest BCUT2D eigenvalue weighted by atomic mass is 10.1. The molecule has 1 aliphatic heterocycles. The number of aliphatic carboxylic acids is 1. The van der Waals surface area contributed by atoms with Crippen LogP contribution in [0.25, 0.3) is 10.9 Å². The van der Waals surface area contributed by atoms with Crippen molar-refractivity contribution in [3.63, 3.8) is 0 Å². The van der Waals surface area contributed by atoms with Gasteiger partial charge in [-0.1, -0.05) is 18.6 Å². The highest BCUT2D eigenvalue weighted by atomic mass is 16.4. The van der Waals surface area contributed by atoms with Crippen LogP contribution in [-0.4, -0.2) is 44.0 Å². The summed E-state index contributed by atoms with van der Waals surface area (Å²) in [4.78, 5) is 41.5. The number of likely N-dealkylation sites (tertiary alicyclic amines) is 1. The van der Waals surface area contributed by atoms with E-state index in [-0.39, 0.29) is 11.5 Å². The zero-order valence-electron chi connectivity index (χ0n) is 14.6. The summed E-state index contributed by atoms with van der Waals surface area (Å²) in [5, 5.41) is 9.75. The van der Waals surface area contributed by atoms with Crippen LogP contribution in [0.5, 0.6) is 0 Å². The molecule has 0 aliphatic carbocycles. The number of carboxylic acid groups (broad SMARTS) is 1. The third kappa shape index (κ3) is 3.92. The Morgan fingerprint density at radius 2 is 2.00 bits per heavy atom. The van der Waals surface area contributed by atoms with Crippen molar-refractivity contribution in [2.75, 3.05) is 6.54 Å². The highest BCUT2D eigenvalue weighted by Crippen LogP contribution is 2.19. The summed E-state index contributed by atoms with van der Waals surface area (Å²) < 4.78 is 1.60. The van der Waals surface area contributed by atoms with Gasteiger partial charge in [0.1, 0.15) is 6.04 Å². The monoisotopic (exact) mass is 357 g/mol. The number of nitrogens with zero attached hydrogens (tertiary/aromatic N) is 3. The summed E-state index contributed by atoms with van der Waals surface area (Å²) in [6.07, 6.45) is 5.48. The van der Waals surface area contributed by atoms with Crippen LogP contribution in [0.2, 0.25) is 0 Å². The average Bonchev–Trinajstić information content (AvgIpc) is 3.13. The number of rotatable bonds is 7. The Morgan fingerprint density at radius 1 is 1.19 bits per heavy atom. The number of carboxylic acids is 1. The van der Waals surface area contributed by atoms with E-state index in [1.807, 2.05) is 18.2 Å². The van der Waals surface area contributed by atoms with Gasteiger partial charge in [-0.3, -0.25) is 14.2 Å². The Bertz CT molecular complexity index is 861. The van der Waals surface area contributed by atoms with Gasteiger partial charge in [-0.25, -0.2) is 9.78 Å². The highest BCUT2D eigenvalue weighted by molar-refractivity contribution is 5.84. The van der Waals surface area contributed by atoms with Gasteiger partial charge in [-0.2, -0.15) is 0 Å². The number of hydrogen-bond donors (Lipinski definition) is 1. The summed E-state index contributed by atoms with van der Waals surface area (Å²) in [5.41, 5.74) is 0.644. The SMILES string of the molecule is O=C(O)[C@H]1CCCN1C(=O)CCCCCn1cnc2ccccc2c1=O. The summed E-state index contributed by atoms with van der Waals surface area (Å²) in [7, 11) is 0. The van der Waals surface area contributed by atoms with Crippen LogP contribution < -0.4 is 5.56 Å². The molecule has 1 saturated heterocycles. The van der Waals surface area contributed by atoms with E-state index in [4.69, 9.17) is 5.11 Å². The van der Waals surface area contributed by atoms with Gasteiger partial charge in [0.2, 0.25) is 5.91 Å².